The van der Waals surface area contributed by atoms with Crippen LogP contribution in [-0.4, -0.2) is 28.3 Å². The number of benzene rings is 2. The molecule has 1 aromatic heterocycles. The van der Waals surface area contributed by atoms with Gasteiger partial charge in [0.25, 0.3) is 11.8 Å². The van der Waals surface area contributed by atoms with Gasteiger partial charge in [0, 0.05) is 5.56 Å². The zero-order chi connectivity index (χ0) is 21.3. The molecular weight excluding hydrogens is 424 g/mol. The van der Waals surface area contributed by atoms with Gasteiger partial charge in [-0.25, -0.2) is 0 Å². The highest BCUT2D eigenvalue weighted by molar-refractivity contribution is 8.26. The highest BCUT2D eigenvalue weighted by Crippen LogP contribution is 2.31. The van der Waals surface area contributed by atoms with Crippen molar-refractivity contribution in [1.29, 1.82) is 0 Å². The largest absolute Gasteiger partial charge is 0.497 e. The number of nitrogens with one attached hydrogen (secondary N) is 1. The Morgan fingerprint density at radius 2 is 1.90 bits per heavy atom. The van der Waals surface area contributed by atoms with Gasteiger partial charge in [0.05, 0.1) is 23.0 Å². The maximum Gasteiger partial charge on any atom is 0.285 e. The fourth-order valence-corrected chi connectivity index (χ4v) is 3.98. The molecule has 0 bridgehead atoms. The summed E-state index contributed by atoms with van der Waals surface area (Å²) in [6.45, 7) is 0. The number of ether oxygens (including phenoxy) is 1. The van der Waals surface area contributed by atoms with Crippen molar-refractivity contribution in [1.82, 2.24) is 10.4 Å². The van der Waals surface area contributed by atoms with Crippen LogP contribution in [0.5, 0.6) is 5.75 Å². The van der Waals surface area contributed by atoms with E-state index in [9.17, 15) is 14.4 Å². The summed E-state index contributed by atoms with van der Waals surface area (Å²) in [6, 6.07) is 13.3. The van der Waals surface area contributed by atoms with Crippen LogP contribution in [0.4, 0.5) is 0 Å². The van der Waals surface area contributed by atoms with Crippen molar-refractivity contribution >= 4 is 57.2 Å². The van der Waals surface area contributed by atoms with Crippen LogP contribution < -0.4 is 15.6 Å². The van der Waals surface area contributed by atoms with Crippen molar-refractivity contribution in [2.75, 3.05) is 7.11 Å². The van der Waals surface area contributed by atoms with Crippen LogP contribution in [0.3, 0.4) is 0 Å². The minimum absolute atomic E-state index is 0.151. The number of amides is 2. The zero-order valence-electron chi connectivity index (χ0n) is 15.6. The predicted molar refractivity (Wildman–Crippen MR) is 118 cm³/mol. The summed E-state index contributed by atoms with van der Waals surface area (Å²) in [5.74, 6) is -0.422. The Morgan fingerprint density at radius 3 is 2.63 bits per heavy atom. The lowest BCUT2D eigenvalue weighted by molar-refractivity contribution is -0.123. The second-order valence-corrected chi connectivity index (χ2v) is 7.88. The maximum atomic E-state index is 12.7. The molecule has 2 heterocycles. The van der Waals surface area contributed by atoms with Crippen molar-refractivity contribution < 1.29 is 18.7 Å². The standard InChI is InChI=1S/C21H14N2O5S2/c1-27-14-8-6-12(7-9-14)19(25)22-23-20(26)17(30-21(23)29)10-13-11-28-16-5-3-2-4-15(16)18(13)24/h2-11H,1H3,(H,22,25)/b17-10-. The molecule has 150 valence electrons. The van der Waals surface area contributed by atoms with Gasteiger partial charge < -0.3 is 9.15 Å². The molecular formula is C21H14N2O5S2. The smallest absolute Gasteiger partial charge is 0.285 e. The average molecular weight is 438 g/mol. The second-order valence-electron chi connectivity index (χ2n) is 6.20. The van der Waals surface area contributed by atoms with Crippen LogP contribution >= 0.6 is 24.0 Å². The lowest BCUT2D eigenvalue weighted by Crippen LogP contribution is -2.44. The summed E-state index contributed by atoms with van der Waals surface area (Å²) in [5.41, 5.74) is 3.24. The van der Waals surface area contributed by atoms with Gasteiger partial charge >= 0.3 is 0 Å². The molecule has 1 N–H and O–H groups in total. The van der Waals surface area contributed by atoms with Crippen LogP contribution in [0.1, 0.15) is 15.9 Å². The first-order chi connectivity index (χ1) is 14.5. The number of thioether (sulfide) groups is 1. The number of nitrogens with zero attached hydrogens (tertiary/aromatic N) is 1. The molecule has 2 aromatic carbocycles. The molecule has 0 saturated carbocycles. The minimum Gasteiger partial charge on any atom is -0.497 e. The quantitative estimate of drug-likeness (QED) is 0.494. The number of thiocarbonyl (C=S) groups is 1. The second kappa shape index (κ2) is 8.13. The lowest BCUT2D eigenvalue weighted by Gasteiger charge is -2.15. The third-order valence-corrected chi connectivity index (χ3v) is 5.65. The molecule has 3 aromatic rings. The van der Waals surface area contributed by atoms with Gasteiger partial charge in [-0.2, -0.15) is 5.01 Å². The first kappa shape index (κ1) is 19.9. The molecule has 1 aliphatic rings. The van der Waals surface area contributed by atoms with Gasteiger partial charge in [0.15, 0.2) is 9.75 Å². The number of para-hydroxylation sites is 1. The summed E-state index contributed by atoms with van der Waals surface area (Å²) in [6.07, 6.45) is 2.71. The Kier molecular flexibility index (Phi) is 5.39. The van der Waals surface area contributed by atoms with E-state index < -0.39 is 11.8 Å². The maximum absolute atomic E-state index is 12.7. The average Bonchev–Trinajstić information content (AvgIpc) is 3.03. The number of hydrogen-bond acceptors (Lipinski definition) is 7. The predicted octanol–water partition coefficient (Wildman–Crippen LogP) is 3.35. The first-order valence-corrected chi connectivity index (χ1v) is 9.94. The van der Waals surface area contributed by atoms with Gasteiger partial charge in [0.1, 0.15) is 17.6 Å². The van der Waals surface area contributed by atoms with Crippen LogP contribution in [0, 0.1) is 0 Å². The number of carbonyl (C=O) groups excluding carboxylic acids is 2. The van der Waals surface area contributed by atoms with E-state index in [0.717, 1.165) is 16.8 Å². The summed E-state index contributed by atoms with van der Waals surface area (Å²) in [5, 5.41) is 1.40. The van der Waals surface area contributed by atoms with Crippen molar-refractivity contribution in [2.24, 2.45) is 0 Å². The Hall–Kier alpha value is -3.43. The molecule has 1 fully saturated rings. The van der Waals surface area contributed by atoms with Gasteiger partial charge in [-0.15, -0.1) is 0 Å². The molecule has 30 heavy (non-hydrogen) atoms. The van der Waals surface area contributed by atoms with Gasteiger partial charge in [0.2, 0.25) is 0 Å². The van der Waals surface area contributed by atoms with Gasteiger partial charge in [-0.3, -0.25) is 19.8 Å². The molecule has 1 aliphatic heterocycles. The van der Waals surface area contributed by atoms with E-state index in [0.29, 0.717) is 22.3 Å². The molecule has 0 aliphatic carbocycles. The Labute approximate surface area is 180 Å². The topological polar surface area (TPSA) is 88.8 Å². The van der Waals surface area contributed by atoms with Crippen molar-refractivity contribution in [3.63, 3.8) is 0 Å². The van der Waals surface area contributed by atoms with Crippen molar-refractivity contribution in [3.8, 4) is 5.75 Å². The Morgan fingerprint density at radius 1 is 1.17 bits per heavy atom. The fourth-order valence-electron chi connectivity index (χ4n) is 2.81. The van der Waals surface area contributed by atoms with Crippen LogP contribution in [0.2, 0.25) is 0 Å². The molecule has 1 saturated heterocycles. The van der Waals surface area contributed by atoms with E-state index in [1.54, 1.807) is 48.5 Å². The molecule has 2 amide bonds. The van der Waals surface area contributed by atoms with Crippen molar-refractivity contribution in [2.45, 2.75) is 0 Å². The van der Waals surface area contributed by atoms with E-state index in [1.165, 1.54) is 19.4 Å². The Balaban J connectivity index is 1.57. The zero-order valence-corrected chi connectivity index (χ0v) is 17.2. The number of rotatable bonds is 4. The summed E-state index contributed by atoms with van der Waals surface area (Å²) >= 11 is 6.21. The molecule has 9 heteroatoms. The van der Waals surface area contributed by atoms with Gasteiger partial charge in [-0.1, -0.05) is 23.9 Å². The van der Waals surface area contributed by atoms with Crippen molar-refractivity contribution in [3.05, 3.63) is 81.0 Å². The SMILES string of the molecule is COc1ccc(C(=O)NN2C(=O)/C(=C/c3coc4ccccc4c3=O)SC2=S)cc1. The van der Waals surface area contributed by atoms with E-state index in [-0.39, 0.29) is 20.2 Å². The number of carbonyl (C=O) groups is 2. The molecule has 0 unspecified atom stereocenters. The number of fused-ring (bicyclic) bond motifs is 1. The Bertz CT molecular complexity index is 1260. The summed E-state index contributed by atoms with van der Waals surface area (Å²) in [7, 11) is 1.53. The normalized spacial score (nSPS) is 15.1. The molecule has 0 atom stereocenters. The monoisotopic (exact) mass is 438 g/mol. The molecule has 0 radical (unpaired) electrons. The molecule has 7 nitrogen and oxygen atoms in total. The lowest BCUT2D eigenvalue weighted by atomic mass is 10.1. The molecule has 0 spiro atoms. The third kappa shape index (κ3) is 3.72. The third-order valence-electron chi connectivity index (χ3n) is 4.35. The highest BCUT2D eigenvalue weighted by atomic mass is 32.2. The van der Waals surface area contributed by atoms with E-state index in [2.05, 4.69) is 5.43 Å². The van der Waals surface area contributed by atoms with Crippen LogP contribution in [0.25, 0.3) is 17.0 Å². The summed E-state index contributed by atoms with van der Waals surface area (Å²) < 4.78 is 10.7. The fraction of sp³-hybridized carbons (Fsp3) is 0.0476. The number of hydrazine groups is 1. The van der Waals surface area contributed by atoms with E-state index >= 15 is 0 Å². The summed E-state index contributed by atoms with van der Waals surface area (Å²) in [4.78, 5) is 38.1. The number of hydrogen-bond donors (Lipinski definition) is 1. The first-order valence-electron chi connectivity index (χ1n) is 8.71. The highest BCUT2D eigenvalue weighted by Gasteiger charge is 2.34. The minimum atomic E-state index is -0.528. The molecule has 4 rings (SSSR count). The van der Waals surface area contributed by atoms with Crippen LogP contribution in [0.15, 0.2) is 68.9 Å². The van der Waals surface area contributed by atoms with E-state index in [1.807, 2.05) is 0 Å². The van der Waals surface area contributed by atoms with Gasteiger partial charge in [-0.05, 0) is 54.7 Å². The van der Waals surface area contributed by atoms with E-state index in [4.69, 9.17) is 21.4 Å². The number of methoxy groups -OCH3 is 1. The van der Waals surface area contributed by atoms with Crippen LogP contribution in [-0.2, 0) is 4.79 Å².